The van der Waals surface area contributed by atoms with E-state index in [1.54, 1.807) is 11.7 Å². The molecule has 1 aromatic carbocycles. The normalized spacial score (nSPS) is 15.6. The Morgan fingerprint density at radius 2 is 1.84 bits per heavy atom. The van der Waals surface area contributed by atoms with Gasteiger partial charge < -0.3 is 4.90 Å². The Kier molecular flexibility index (Phi) is 5.54. The van der Waals surface area contributed by atoms with Crippen molar-refractivity contribution in [1.82, 2.24) is 19.6 Å². The predicted molar refractivity (Wildman–Crippen MR) is 98.1 cm³/mol. The second-order valence-corrected chi connectivity index (χ2v) is 7.17. The first-order valence-corrected chi connectivity index (χ1v) is 9.20. The number of carbonyl (C=O) groups excluding carboxylic acids is 1. The van der Waals surface area contributed by atoms with Gasteiger partial charge in [-0.3, -0.25) is 14.4 Å². The smallest absolute Gasteiger partial charge is 0.273 e. The Morgan fingerprint density at radius 1 is 1.20 bits per heavy atom. The van der Waals surface area contributed by atoms with E-state index in [0.717, 1.165) is 41.8 Å². The minimum Gasteiger partial charge on any atom is -0.335 e. The fourth-order valence-corrected chi connectivity index (χ4v) is 3.63. The summed E-state index contributed by atoms with van der Waals surface area (Å²) < 4.78 is 15.4. The fourth-order valence-electron chi connectivity index (χ4n) is 3.13. The summed E-state index contributed by atoms with van der Waals surface area (Å²) in [6, 6.07) is 6.66. The highest BCUT2D eigenvalue weighted by atomic mass is 79.9. The van der Waals surface area contributed by atoms with Crippen molar-refractivity contribution in [3.8, 4) is 0 Å². The Balaban J connectivity index is 1.53. The van der Waals surface area contributed by atoms with E-state index in [-0.39, 0.29) is 11.7 Å². The summed E-state index contributed by atoms with van der Waals surface area (Å²) in [6.45, 7) is 5.91. The number of halogens is 2. The Labute approximate surface area is 155 Å². The van der Waals surface area contributed by atoms with Gasteiger partial charge in [-0.1, -0.05) is 12.1 Å². The van der Waals surface area contributed by atoms with Crippen molar-refractivity contribution in [3.05, 3.63) is 51.5 Å². The Morgan fingerprint density at radius 3 is 2.40 bits per heavy atom. The highest BCUT2D eigenvalue weighted by Crippen LogP contribution is 2.22. The summed E-state index contributed by atoms with van der Waals surface area (Å²) in [5.74, 6) is -0.180. The molecule has 2 heterocycles. The van der Waals surface area contributed by atoms with E-state index >= 15 is 0 Å². The lowest BCUT2D eigenvalue weighted by atomic mass is 10.1. The number of amides is 1. The van der Waals surface area contributed by atoms with Gasteiger partial charge in [0.25, 0.3) is 5.91 Å². The maximum atomic E-state index is 12.9. The van der Waals surface area contributed by atoms with Crippen molar-refractivity contribution < 1.29 is 9.18 Å². The van der Waals surface area contributed by atoms with Crippen LogP contribution in [0.15, 0.2) is 28.7 Å². The molecule has 1 saturated heterocycles. The molecule has 0 bridgehead atoms. The van der Waals surface area contributed by atoms with Gasteiger partial charge in [0, 0.05) is 39.8 Å². The lowest BCUT2D eigenvalue weighted by molar-refractivity contribution is 0.0627. The third-order valence-corrected chi connectivity index (χ3v) is 5.59. The van der Waals surface area contributed by atoms with Gasteiger partial charge in [0.1, 0.15) is 11.5 Å². The molecule has 0 spiro atoms. The molecule has 0 unspecified atom stereocenters. The third-order valence-electron chi connectivity index (χ3n) is 4.64. The zero-order chi connectivity index (χ0) is 18.0. The predicted octanol–water partition coefficient (Wildman–Crippen LogP) is 2.63. The molecule has 134 valence electrons. The first kappa shape index (κ1) is 18.1. The summed E-state index contributed by atoms with van der Waals surface area (Å²) in [4.78, 5) is 17.0. The van der Waals surface area contributed by atoms with E-state index in [1.807, 2.05) is 24.0 Å². The summed E-state index contributed by atoms with van der Waals surface area (Å²) in [7, 11) is 1.80. The number of hydrogen-bond acceptors (Lipinski definition) is 3. The third kappa shape index (κ3) is 4.10. The molecular formula is C18H22BrFN4O. The lowest BCUT2D eigenvalue weighted by Gasteiger charge is -2.34. The number of hydrogen-bond donors (Lipinski definition) is 0. The SMILES string of the molecule is Cc1nn(C)c(C(=O)N2CCN(CCc3ccc(F)cc3)CC2)c1Br. The number of aryl methyl sites for hydroxylation is 2. The molecule has 7 heteroatoms. The average Bonchev–Trinajstić information content (AvgIpc) is 2.86. The maximum Gasteiger partial charge on any atom is 0.273 e. The van der Waals surface area contributed by atoms with Gasteiger partial charge in [-0.25, -0.2) is 4.39 Å². The number of carbonyl (C=O) groups is 1. The van der Waals surface area contributed by atoms with Crippen molar-refractivity contribution in [1.29, 1.82) is 0 Å². The highest BCUT2D eigenvalue weighted by Gasteiger charge is 2.26. The van der Waals surface area contributed by atoms with Crippen LogP contribution >= 0.6 is 15.9 Å². The minimum absolute atomic E-state index is 0.0214. The monoisotopic (exact) mass is 408 g/mol. The van der Waals surface area contributed by atoms with Crippen LogP contribution in [0.1, 0.15) is 21.7 Å². The number of nitrogens with zero attached hydrogens (tertiary/aromatic N) is 4. The molecule has 1 aliphatic rings. The molecule has 0 aliphatic carbocycles. The standard InChI is InChI=1S/C18H22BrFN4O/c1-13-16(19)17(22(2)21-13)18(25)24-11-9-23(10-12-24)8-7-14-3-5-15(20)6-4-14/h3-6H,7-12H2,1-2H3. The zero-order valence-electron chi connectivity index (χ0n) is 14.5. The number of aromatic nitrogens is 2. The number of rotatable bonds is 4. The van der Waals surface area contributed by atoms with Crippen LogP contribution in [0.2, 0.25) is 0 Å². The second-order valence-electron chi connectivity index (χ2n) is 6.38. The van der Waals surface area contributed by atoms with Crippen molar-refractivity contribution in [2.45, 2.75) is 13.3 Å². The summed E-state index contributed by atoms with van der Waals surface area (Å²) in [5, 5.41) is 4.30. The molecule has 3 rings (SSSR count). The molecule has 0 radical (unpaired) electrons. The van der Waals surface area contributed by atoms with E-state index in [4.69, 9.17) is 0 Å². The van der Waals surface area contributed by atoms with Crippen LogP contribution < -0.4 is 0 Å². The first-order chi connectivity index (χ1) is 12.0. The molecule has 0 N–H and O–H groups in total. The van der Waals surface area contributed by atoms with Gasteiger partial charge in [-0.2, -0.15) is 5.10 Å². The van der Waals surface area contributed by atoms with Crippen LogP contribution in [-0.4, -0.2) is 58.2 Å². The van der Waals surface area contributed by atoms with Crippen molar-refractivity contribution >= 4 is 21.8 Å². The summed E-state index contributed by atoms with van der Waals surface area (Å²) >= 11 is 3.47. The highest BCUT2D eigenvalue weighted by molar-refractivity contribution is 9.10. The molecule has 0 atom stereocenters. The van der Waals surface area contributed by atoms with Gasteiger partial charge in [-0.05, 0) is 47.0 Å². The van der Waals surface area contributed by atoms with Crippen molar-refractivity contribution in [2.24, 2.45) is 7.05 Å². The summed E-state index contributed by atoms with van der Waals surface area (Å²) in [5.41, 5.74) is 2.57. The average molecular weight is 409 g/mol. The van der Waals surface area contributed by atoms with Gasteiger partial charge in [0.05, 0.1) is 10.2 Å². The van der Waals surface area contributed by atoms with Gasteiger partial charge in [0.2, 0.25) is 0 Å². The lowest BCUT2D eigenvalue weighted by Crippen LogP contribution is -2.49. The van der Waals surface area contributed by atoms with Gasteiger partial charge in [0.15, 0.2) is 0 Å². The topological polar surface area (TPSA) is 41.4 Å². The number of benzene rings is 1. The van der Waals surface area contributed by atoms with Crippen LogP contribution in [0.5, 0.6) is 0 Å². The largest absolute Gasteiger partial charge is 0.335 e. The molecule has 5 nitrogen and oxygen atoms in total. The number of piperazine rings is 1. The van der Waals surface area contributed by atoms with Crippen LogP contribution in [0.25, 0.3) is 0 Å². The molecule has 1 fully saturated rings. The maximum absolute atomic E-state index is 12.9. The van der Waals surface area contributed by atoms with Crippen LogP contribution in [0.4, 0.5) is 4.39 Å². The molecule has 25 heavy (non-hydrogen) atoms. The van der Waals surface area contributed by atoms with Crippen LogP contribution in [0.3, 0.4) is 0 Å². The van der Waals surface area contributed by atoms with Crippen LogP contribution in [0, 0.1) is 12.7 Å². The fraction of sp³-hybridized carbons (Fsp3) is 0.444. The molecule has 2 aromatic rings. The Hall–Kier alpha value is -1.73. The summed E-state index contributed by atoms with van der Waals surface area (Å²) in [6.07, 6.45) is 0.890. The zero-order valence-corrected chi connectivity index (χ0v) is 16.1. The van der Waals surface area contributed by atoms with Gasteiger partial charge >= 0.3 is 0 Å². The minimum atomic E-state index is -0.201. The van der Waals surface area contributed by atoms with E-state index < -0.39 is 0 Å². The van der Waals surface area contributed by atoms with E-state index in [0.29, 0.717) is 18.8 Å². The first-order valence-electron chi connectivity index (χ1n) is 8.41. The molecular weight excluding hydrogens is 387 g/mol. The second kappa shape index (κ2) is 7.66. The molecule has 0 saturated carbocycles. The Bertz CT molecular complexity index is 751. The van der Waals surface area contributed by atoms with Crippen LogP contribution in [-0.2, 0) is 13.5 Å². The molecule has 1 aliphatic heterocycles. The van der Waals surface area contributed by atoms with E-state index in [2.05, 4.69) is 25.9 Å². The van der Waals surface area contributed by atoms with Crippen molar-refractivity contribution in [2.75, 3.05) is 32.7 Å². The quantitative estimate of drug-likeness (QED) is 0.780. The van der Waals surface area contributed by atoms with E-state index in [9.17, 15) is 9.18 Å². The van der Waals surface area contributed by atoms with Crippen molar-refractivity contribution in [3.63, 3.8) is 0 Å². The molecule has 1 aromatic heterocycles. The van der Waals surface area contributed by atoms with Gasteiger partial charge in [-0.15, -0.1) is 0 Å². The van der Waals surface area contributed by atoms with E-state index in [1.165, 1.54) is 12.1 Å². The molecule has 1 amide bonds.